The minimum absolute atomic E-state index is 0.133. The Balaban J connectivity index is 1.92. The predicted molar refractivity (Wildman–Crippen MR) is 85.9 cm³/mol. The molecule has 0 spiro atoms. The molecule has 0 amide bonds. The molecule has 0 aliphatic rings. The molecule has 0 radical (unpaired) electrons. The van der Waals surface area contributed by atoms with Crippen LogP contribution in [0.25, 0.3) is 0 Å². The van der Waals surface area contributed by atoms with Crippen LogP contribution >= 0.6 is 0 Å². The Labute approximate surface area is 126 Å². The molecule has 3 heteroatoms. The molecular formula is C18H23NO2. The van der Waals surface area contributed by atoms with Gasteiger partial charge in [-0.05, 0) is 29.7 Å². The van der Waals surface area contributed by atoms with Gasteiger partial charge in [-0.25, -0.2) is 0 Å². The fourth-order valence-electron chi connectivity index (χ4n) is 2.19. The van der Waals surface area contributed by atoms with Crippen LogP contribution in [0.1, 0.15) is 30.5 Å². The van der Waals surface area contributed by atoms with E-state index in [1.165, 1.54) is 5.56 Å². The van der Waals surface area contributed by atoms with Crippen molar-refractivity contribution >= 4 is 0 Å². The third-order valence-electron chi connectivity index (χ3n) is 3.42. The number of aryl methyl sites for hydroxylation is 1. The molecule has 0 aliphatic carbocycles. The zero-order chi connectivity index (χ0) is 15.1. The van der Waals surface area contributed by atoms with Crippen molar-refractivity contribution in [1.82, 2.24) is 0 Å². The lowest BCUT2D eigenvalue weighted by atomic mass is 10.0. The quantitative estimate of drug-likeness (QED) is 0.843. The van der Waals surface area contributed by atoms with Gasteiger partial charge in [0.1, 0.15) is 18.1 Å². The van der Waals surface area contributed by atoms with Crippen LogP contribution in [0.3, 0.4) is 0 Å². The Morgan fingerprint density at radius 2 is 1.76 bits per heavy atom. The second kappa shape index (κ2) is 7.70. The molecule has 0 saturated heterocycles. The smallest absolute Gasteiger partial charge is 0.123 e. The normalized spacial score (nSPS) is 12.0. The SMILES string of the molecule is CCCc1ccc(C(N)COc2cccc(OC)c2)cc1. The fraction of sp³-hybridized carbons (Fsp3) is 0.333. The molecule has 1 atom stereocenters. The van der Waals surface area contributed by atoms with Crippen molar-refractivity contribution in [3.8, 4) is 11.5 Å². The van der Waals surface area contributed by atoms with Gasteiger partial charge in [0, 0.05) is 6.07 Å². The second-order valence-electron chi connectivity index (χ2n) is 5.09. The minimum atomic E-state index is -0.133. The summed E-state index contributed by atoms with van der Waals surface area (Å²) in [4.78, 5) is 0. The highest BCUT2D eigenvalue weighted by atomic mass is 16.5. The van der Waals surface area contributed by atoms with Crippen LogP contribution in [-0.4, -0.2) is 13.7 Å². The average molecular weight is 285 g/mol. The summed E-state index contributed by atoms with van der Waals surface area (Å²) in [5, 5.41) is 0. The van der Waals surface area contributed by atoms with E-state index in [0.29, 0.717) is 6.61 Å². The number of benzene rings is 2. The molecule has 0 heterocycles. The molecule has 112 valence electrons. The van der Waals surface area contributed by atoms with E-state index in [-0.39, 0.29) is 6.04 Å². The first kappa shape index (κ1) is 15.4. The molecule has 2 aromatic rings. The fourth-order valence-corrected chi connectivity index (χ4v) is 2.19. The van der Waals surface area contributed by atoms with Crippen molar-refractivity contribution in [3.63, 3.8) is 0 Å². The largest absolute Gasteiger partial charge is 0.497 e. The highest BCUT2D eigenvalue weighted by Crippen LogP contribution is 2.20. The molecule has 21 heavy (non-hydrogen) atoms. The van der Waals surface area contributed by atoms with Crippen molar-refractivity contribution in [1.29, 1.82) is 0 Å². The topological polar surface area (TPSA) is 44.5 Å². The summed E-state index contributed by atoms with van der Waals surface area (Å²) in [6.07, 6.45) is 2.26. The first-order valence-corrected chi connectivity index (χ1v) is 7.34. The van der Waals surface area contributed by atoms with E-state index in [2.05, 4.69) is 31.2 Å². The van der Waals surface area contributed by atoms with Gasteiger partial charge >= 0.3 is 0 Å². The molecule has 1 unspecified atom stereocenters. The van der Waals surface area contributed by atoms with Gasteiger partial charge in [-0.15, -0.1) is 0 Å². The van der Waals surface area contributed by atoms with Crippen molar-refractivity contribution < 1.29 is 9.47 Å². The summed E-state index contributed by atoms with van der Waals surface area (Å²) in [5.41, 5.74) is 8.63. The number of hydrogen-bond acceptors (Lipinski definition) is 3. The van der Waals surface area contributed by atoms with Crippen molar-refractivity contribution in [3.05, 3.63) is 59.7 Å². The molecule has 2 aromatic carbocycles. The summed E-state index contributed by atoms with van der Waals surface area (Å²) < 4.78 is 10.9. The van der Waals surface area contributed by atoms with Gasteiger partial charge in [0.25, 0.3) is 0 Å². The van der Waals surface area contributed by atoms with Crippen LogP contribution in [0.5, 0.6) is 11.5 Å². The zero-order valence-corrected chi connectivity index (χ0v) is 12.7. The standard InChI is InChI=1S/C18H23NO2/c1-3-5-14-8-10-15(11-9-14)18(19)13-21-17-7-4-6-16(12-17)20-2/h4,6-12,18H,3,5,13,19H2,1-2H3. The highest BCUT2D eigenvalue weighted by Gasteiger charge is 2.07. The monoisotopic (exact) mass is 285 g/mol. The van der Waals surface area contributed by atoms with Crippen molar-refractivity contribution in [2.24, 2.45) is 5.73 Å². The van der Waals surface area contributed by atoms with E-state index in [0.717, 1.165) is 29.9 Å². The number of rotatable bonds is 7. The minimum Gasteiger partial charge on any atom is -0.497 e. The van der Waals surface area contributed by atoms with Gasteiger partial charge in [-0.3, -0.25) is 0 Å². The summed E-state index contributed by atoms with van der Waals surface area (Å²) in [6.45, 7) is 2.63. The predicted octanol–water partition coefficient (Wildman–Crippen LogP) is 3.73. The molecular weight excluding hydrogens is 262 g/mol. The van der Waals surface area contributed by atoms with Gasteiger partial charge in [0.05, 0.1) is 13.2 Å². The molecule has 2 N–H and O–H groups in total. The van der Waals surface area contributed by atoms with Gasteiger partial charge in [-0.1, -0.05) is 43.7 Å². The van der Waals surface area contributed by atoms with E-state index in [4.69, 9.17) is 15.2 Å². The Morgan fingerprint density at radius 1 is 1.05 bits per heavy atom. The van der Waals surface area contributed by atoms with Crippen LogP contribution in [0.15, 0.2) is 48.5 Å². The Kier molecular flexibility index (Phi) is 5.64. The van der Waals surface area contributed by atoms with Crippen LogP contribution in [-0.2, 0) is 6.42 Å². The lowest BCUT2D eigenvalue weighted by Gasteiger charge is -2.14. The molecule has 3 nitrogen and oxygen atoms in total. The number of methoxy groups -OCH3 is 1. The zero-order valence-electron chi connectivity index (χ0n) is 12.7. The van der Waals surface area contributed by atoms with Crippen LogP contribution in [0.2, 0.25) is 0 Å². The van der Waals surface area contributed by atoms with E-state index in [9.17, 15) is 0 Å². The maximum Gasteiger partial charge on any atom is 0.123 e. The van der Waals surface area contributed by atoms with Crippen LogP contribution in [0, 0.1) is 0 Å². The Bertz CT molecular complexity index is 551. The molecule has 0 aliphatic heterocycles. The van der Waals surface area contributed by atoms with Gasteiger partial charge in [-0.2, -0.15) is 0 Å². The third kappa shape index (κ3) is 4.50. The van der Waals surface area contributed by atoms with E-state index >= 15 is 0 Å². The first-order valence-electron chi connectivity index (χ1n) is 7.34. The Morgan fingerprint density at radius 3 is 2.43 bits per heavy atom. The van der Waals surface area contributed by atoms with Crippen LogP contribution < -0.4 is 15.2 Å². The van der Waals surface area contributed by atoms with E-state index < -0.39 is 0 Å². The lowest BCUT2D eigenvalue weighted by Crippen LogP contribution is -2.19. The van der Waals surface area contributed by atoms with Crippen LogP contribution in [0.4, 0.5) is 0 Å². The number of nitrogens with two attached hydrogens (primary N) is 1. The number of hydrogen-bond donors (Lipinski definition) is 1. The highest BCUT2D eigenvalue weighted by molar-refractivity contribution is 5.33. The number of ether oxygens (including phenoxy) is 2. The molecule has 0 aromatic heterocycles. The van der Waals surface area contributed by atoms with Crippen molar-refractivity contribution in [2.45, 2.75) is 25.8 Å². The van der Waals surface area contributed by atoms with Gasteiger partial charge < -0.3 is 15.2 Å². The second-order valence-corrected chi connectivity index (χ2v) is 5.09. The maximum absolute atomic E-state index is 6.18. The van der Waals surface area contributed by atoms with Crippen molar-refractivity contribution in [2.75, 3.05) is 13.7 Å². The van der Waals surface area contributed by atoms with Gasteiger partial charge in [0.15, 0.2) is 0 Å². The summed E-state index contributed by atoms with van der Waals surface area (Å²) >= 11 is 0. The molecule has 0 bridgehead atoms. The molecule has 2 rings (SSSR count). The van der Waals surface area contributed by atoms with Gasteiger partial charge in [0.2, 0.25) is 0 Å². The lowest BCUT2D eigenvalue weighted by molar-refractivity contribution is 0.289. The molecule has 0 saturated carbocycles. The van der Waals surface area contributed by atoms with E-state index in [1.807, 2.05) is 24.3 Å². The molecule has 0 fully saturated rings. The Hall–Kier alpha value is -2.00. The maximum atomic E-state index is 6.18. The first-order chi connectivity index (χ1) is 10.2. The third-order valence-corrected chi connectivity index (χ3v) is 3.42. The summed E-state index contributed by atoms with van der Waals surface area (Å²) in [6, 6.07) is 15.9. The summed E-state index contributed by atoms with van der Waals surface area (Å²) in [7, 11) is 1.64. The van der Waals surface area contributed by atoms with E-state index in [1.54, 1.807) is 7.11 Å². The summed E-state index contributed by atoms with van der Waals surface area (Å²) in [5.74, 6) is 1.55. The average Bonchev–Trinajstić information content (AvgIpc) is 2.54.